The van der Waals surface area contributed by atoms with Crippen LogP contribution in [0.5, 0.6) is 0 Å². The van der Waals surface area contributed by atoms with Crippen molar-refractivity contribution in [1.82, 2.24) is 9.55 Å². The lowest BCUT2D eigenvalue weighted by Gasteiger charge is -2.09. The van der Waals surface area contributed by atoms with Crippen molar-refractivity contribution in [2.24, 2.45) is 0 Å². The van der Waals surface area contributed by atoms with Gasteiger partial charge in [0.1, 0.15) is 0 Å². The number of imidazole rings is 1. The van der Waals surface area contributed by atoms with Gasteiger partial charge in [-0.15, -0.1) is 0 Å². The topological polar surface area (TPSA) is 20.7 Å². The maximum atomic E-state index is 5.49. The Hall–Kier alpha value is -1.87. The number of rotatable bonds is 1. The summed E-state index contributed by atoms with van der Waals surface area (Å²) in [6.07, 6.45) is 0. The minimum atomic E-state index is 0.745. The van der Waals surface area contributed by atoms with Gasteiger partial charge in [-0.2, -0.15) is 0 Å². The van der Waals surface area contributed by atoms with E-state index in [0.29, 0.717) is 0 Å². The van der Waals surface area contributed by atoms with Crippen LogP contribution in [-0.4, -0.2) is 9.55 Å². The molecule has 0 aliphatic rings. The molecule has 0 bridgehead atoms. The van der Waals surface area contributed by atoms with Crippen molar-refractivity contribution in [3.05, 3.63) is 57.9 Å². The molecular weight excluding hydrogens is 252 g/mol. The second kappa shape index (κ2) is 4.35. The fraction of sp³-hybridized carbons (Fsp3) is 0.188. The van der Waals surface area contributed by atoms with Crippen LogP contribution in [0.25, 0.3) is 16.7 Å². The van der Waals surface area contributed by atoms with Gasteiger partial charge in [-0.1, -0.05) is 18.2 Å². The summed E-state index contributed by atoms with van der Waals surface area (Å²) in [7, 11) is 0. The molecule has 0 atom stereocenters. The van der Waals surface area contributed by atoms with Gasteiger partial charge in [0.05, 0.1) is 16.7 Å². The van der Waals surface area contributed by atoms with E-state index in [4.69, 9.17) is 12.2 Å². The first-order chi connectivity index (χ1) is 9.06. The van der Waals surface area contributed by atoms with Crippen LogP contribution in [0, 0.1) is 25.5 Å². The zero-order chi connectivity index (χ0) is 13.6. The van der Waals surface area contributed by atoms with Crippen LogP contribution in [0.3, 0.4) is 0 Å². The Morgan fingerprint density at radius 2 is 1.63 bits per heavy atom. The lowest BCUT2D eigenvalue weighted by Crippen LogP contribution is -1.97. The zero-order valence-electron chi connectivity index (χ0n) is 11.3. The van der Waals surface area contributed by atoms with E-state index in [0.717, 1.165) is 21.5 Å². The van der Waals surface area contributed by atoms with Crippen molar-refractivity contribution >= 4 is 23.3 Å². The molecule has 0 amide bonds. The summed E-state index contributed by atoms with van der Waals surface area (Å²) in [5.41, 5.74) is 7.08. The van der Waals surface area contributed by atoms with E-state index in [-0.39, 0.29) is 0 Å². The first-order valence-electron chi connectivity index (χ1n) is 6.35. The number of aromatic nitrogens is 2. The average Bonchev–Trinajstić information content (AvgIpc) is 2.68. The number of aromatic amines is 1. The summed E-state index contributed by atoms with van der Waals surface area (Å²) >= 11 is 5.49. The first-order valence-corrected chi connectivity index (χ1v) is 6.76. The summed E-state index contributed by atoms with van der Waals surface area (Å²) in [6.45, 7) is 6.32. The lowest BCUT2D eigenvalue weighted by atomic mass is 10.1. The van der Waals surface area contributed by atoms with E-state index in [1.54, 1.807) is 0 Å². The van der Waals surface area contributed by atoms with Gasteiger partial charge in [-0.05, 0) is 67.9 Å². The number of nitrogens with one attached hydrogen (secondary N) is 1. The van der Waals surface area contributed by atoms with Crippen LogP contribution in [0.2, 0.25) is 0 Å². The first kappa shape index (κ1) is 12.2. The molecule has 3 aromatic rings. The summed E-state index contributed by atoms with van der Waals surface area (Å²) in [5.74, 6) is 0. The number of benzene rings is 2. The molecule has 1 N–H and O–H groups in total. The minimum Gasteiger partial charge on any atom is -0.330 e. The van der Waals surface area contributed by atoms with Gasteiger partial charge in [-0.3, -0.25) is 4.57 Å². The Labute approximate surface area is 117 Å². The Balaban J connectivity index is 2.42. The standard InChI is InChI=1S/C16H16N2S/c1-10-4-6-12(3)14(8-10)18-15-9-11(2)5-7-13(15)17-16(18)19/h4-9H,1-3H3,(H,17,19). The molecule has 0 spiro atoms. The van der Waals surface area contributed by atoms with Crippen LogP contribution in [0.1, 0.15) is 16.7 Å². The summed E-state index contributed by atoms with van der Waals surface area (Å²) in [6, 6.07) is 12.8. The molecule has 96 valence electrons. The highest BCUT2D eigenvalue weighted by Gasteiger charge is 2.09. The molecule has 3 rings (SSSR count). The molecule has 3 heteroatoms. The molecule has 2 aromatic carbocycles. The average molecular weight is 268 g/mol. The molecule has 1 aromatic heterocycles. The van der Waals surface area contributed by atoms with Gasteiger partial charge >= 0.3 is 0 Å². The highest BCUT2D eigenvalue weighted by Crippen LogP contribution is 2.23. The van der Waals surface area contributed by atoms with Gasteiger partial charge < -0.3 is 4.98 Å². The molecule has 0 aliphatic carbocycles. The highest BCUT2D eigenvalue weighted by molar-refractivity contribution is 7.71. The Kier molecular flexibility index (Phi) is 2.79. The van der Waals surface area contributed by atoms with Gasteiger partial charge in [0.2, 0.25) is 0 Å². The minimum absolute atomic E-state index is 0.745. The van der Waals surface area contributed by atoms with Gasteiger partial charge in [0.25, 0.3) is 0 Å². The fourth-order valence-corrected chi connectivity index (χ4v) is 2.72. The molecule has 0 aliphatic heterocycles. The van der Waals surface area contributed by atoms with E-state index < -0.39 is 0 Å². The van der Waals surface area contributed by atoms with E-state index in [9.17, 15) is 0 Å². The quantitative estimate of drug-likeness (QED) is 0.639. The second-order valence-electron chi connectivity index (χ2n) is 5.08. The maximum absolute atomic E-state index is 5.49. The Bertz CT molecular complexity index is 824. The van der Waals surface area contributed by atoms with Crippen molar-refractivity contribution in [1.29, 1.82) is 0 Å². The van der Waals surface area contributed by atoms with E-state index in [1.165, 1.54) is 16.7 Å². The lowest BCUT2D eigenvalue weighted by molar-refractivity contribution is 1.04. The van der Waals surface area contributed by atoms with Crippen LogP contribution in [0.4, 0.5) is 0 Å². The fourth-order valence-electron chi connectivity index (χ4n) is 2.41. The monoisotopic (exact) mass is 268 g/mol. The smallest absolute Gasteiger partial charge is 0.182 e. The number of nitrogens with zero attached hydrogens (tertiary/aromatic N) is 1. The van der Waals surface area contributed by atoms with Crippen molar-refractivity contribution in [3.63, 3.8) is 0 Å². The third kappa shape index (κ3) is 2.00. The highest BCUT2D eigenvalue weighted by atomic mass is 32.1. The Morgan fingerprint density at radius 3 is 2.42 bits per heavy atom. The van der Waals surface area contributed by atoms with Gasteiger partial charge in [0.15, 0.2) is 4.77 Å². The maximum Gasteiger partial charge on any atom is 0.182 e. The van der Waals surface area contributed by atoms with Crippen LogP contribution < -0.4 is 0 Å². The molecule has 19 heavy (non-hydrogen) atoms. The Morgan fingerprint density at radius 1 is 0.947 bits per heavy atom. The third-order valence-corrected chi connectivity index (χ3v) is 3.73. The molecule has 0 unspecified atom stereocenters. The van der Waals surface area contributed by atoms with Crippen molar-refractivity contribution in [2.45, 2.75) is 20.8 Å². The molecule has 0 radical (unpaired) electrons. The van der Waals surface area contributed by atoms with Crippen LogP contribution in [0.15, 0.2) is 36.4 Å². The van der Waals surface area contributed by atoms with Crippen molar-refractivity contribution in [2.75, 3.05) is 0 Å². The number of hydrogen-bond acceptors (Lipinski definition) is 1. The predicted molar refractivity (Wildman–Crippen MR) is 82.7 cm³/mol. The van der Waals surface area contributed by atoms with Crippen molar-refractivity contribution < 1.29 is 0 Å². The number of fused-ring (bicyclic) bond motifs is 1. The molecule has 0 saturated heterocycles. The number of hydrogen-bond donors (Lipinski definition) is 1. The van der Waals surface area contributed by atoms with Crippen molar-refractivity contribution in [3.8, 4) is 5.69 Å². The summed E-state index contributed by atoms with van der Waals surface area (Å²) in [4.78, 5) is 3.28. The largest absolute Gasteiger partial charge is 0.330 e. The van der Waals surface area contributed by atoms with E-state index >= 15 is 0 Å². The SMILES string of the molecule is Cc1ccc(C)c(-n2c(=S)[nH]c3ccc(C)cc32)c1. The van der Waals surface area contributed by atoms with E-state index in [2.05, 4.69) is 66.7 Å². The molecule has 2 nitrogen and oxygen atoms in total. The van der Waals surface area contributed by atoms with Gasteiger partial charge in [-0.25, -0.2) is 0 Å². The summed E-state index contributed by atoms with van der Waals surface area (Å²) < 4.78 is 2.87. The molecule has 0 fully saturated rings. The van der Waals surface area contributed by atoms with E-state index in [1.807, 2.05) is 0 Å². The second-order valence-corrected chi connectivity index (χ2v) is 5.46. The van der Waals surface area contributed by atoms with Crippen LogP contribution in [-0.2, 0) is 0 Å². The third-order valence-electron chi connectivity index (χ3n) is 3.44. The predicted octanol–water partition coefficient (Wildman–Crippen LogP) is 4.61. The molecule has 0 saturated carbocycles. The molecular formula is C16H16N2S. The van der Waals surface area contributed by atoms with Crippen LogP contribution >= 0.6 is 12.2 Å². The molecule has 1 heterocycles. The number of H-pyrrole nitrogens is 1. The number of aryl methyl sites for hydroxylation is 3. The normalized spacial score (nSPS) is 11.1. The summed E-state index contributed by atoms with van der Waals surface area (Å²) in [5, 5.41) is 0. The van der Waals surface area contributed by atoms with Gasteiger partial charge in [0, 0.05) is 0 Å². The zero-order valence-corrected chi connectivity index (χ0v) is 12.1.